The first kappa shape index (κ1) is 15.4. The maximum Gasteiger partial charge on any atom is 0.323 e. The number of rotatable bonds is 5. The van der Waals surface area contributed by atoms with Crippen molar-refractivity contribution in [3.63, 3.8) is 0 Å². The summed E-state index contributed by atoms with van der Waals surface area (Å²) in [6.45, 7) is 8.05. The van der Waals surface area contributed by atoms with Crippen LogP contribution in [0.5, 0.6) is 0 Å². The van der Waals surface area contributed by atoms with Gasteiger partial charge in [-0.15, -0.1) is 0 Å². The van der Waals surface area contributed by atoms with Crippen LogP contribution in [-0.4, -0.2) is 72.7 Å². The Bertz CT molecular complexity index is 285. The molecule has 0 saturated carbocycles. The summed E-state index contributed by atoms with van der Waals surface area (Å²) in [6, 6.07) is 0.493. The van der Waals surface area contributed by atoms with E-state index in [1.165, 1.54) is 0 Å². The summed E-state index contributed by atoms with van der Waals surface area (Å²) < 4.78 is 0. The molecule has 1 rings (SSSR count). The molecule has 5 heteroatoms. The van der Waals surface area contributed by atoms with Crippen molar-refractivity contribution in [2.45, 2.75) is 38.3 Å². The molecule has 0 radical (unpaired) electrons. The minimum Gasteiger partial charge on any atom is -0.480 e. The number of carbonyl (C=O) groups is 1. The first-order valence-electron chi connectivity index (χ1n) is 6.74. The fraction of sp³-hybridized carbons (Fsp3) is 0.923. The molecule has 1 aliphatic rings. The van der Waals surface area contributed by atoms with Crippen LogP contribution in [0.2, 0.25) is 0 Å². The Kier molecular flexibility index (Phi) is 5.56. The highest BCUT2D eigenvalue weighted by Crippen LogP contribution is 2.14. The third-order valence-electron chi connectivity index (χ3n) is 4.11. The Morgan fingerprint density at radius 3 is 2.72 bits per heavy atom. The molecule has 106 valence electrons. The van der Waals surface area contributed by atoms with E-state index in [1.807, 2.05) is 0 Å². The van der Waals surface area contributed by atoms with Gasteiger partial charge in [0.05, 0.1) is 0 Å². The zero-order valence-corrected chi connectivity index (χ0v) is 12.1. The van der Waals surface area contributed by atoms with Gasteiger partial charge in [-0.05, 0) is 53.9 Å². The summed E-state index contributed by atoms with van der Waals surface area (Å²) in [6.07, 6.45) is 1.79. The van der Waals surface area contributed by atoms with E-state index in [2.05, 4.69) is 29.1 Å². The molecule has 1 heterocycles. The van der Waals surface area contributed by atoms with Gasteiger partial charge in [0.1, 0.15) is 5.54 Å². The molecule has 0 spiro atoms. The smallest absolute Gasteiger partial charge is 0.323 e. The normalized spacial score (nSPS) is 26.6. The van der Waals surface area contributed by atoms with Gasteiger partial charge in [-0.25, -0.2) is 0 Å². The summed E-state index contributed by atoms with van der Waals surface area (Å²) in [7, 11) is 3.86. The summed E-state index contributed by atoms with van der Waals surface area (Å²) >= 11 is 0. The molecule has 0 bridgehead atoms. The van der Waals surface area contributed by atoms with Crippen LogP contribution in [0.1, 0.15) is 26.7 Å². The van der Waals surface area contributed by atoms with E-state index in [9.17, 15) is 9.90 Å². The highest BCUT2D eigenvalue weighted by Gasteiger charge is 2.32. The lowest BCUT2D eigenvalue weighted by Crippen LogP contribution is -2.50. The predicted octanol–water partition coefficient (Wildman–Crippen LogP) is 0.465. The Morgan fingerprint density at radius 2 is 2.17 bits per heavy atom. The predicted molar refractivity (Wildman–Crippen MR) is 72.9 cm³/mol. The summed E-state index contributed by atoms with van der Waals surface area (Å²) in [4.78, 5) is 16.0. The Morgan fingerprint density at radius 1 is 1.50 bits per heavy atom. The number of hydrogen-bond acceptors (Lipinski definition) is 4. The molecule has 1 aliphatic heterocycles. The van der Waals surface area contributed by atoms with Crippen molar-refractivity contribution >= 4 is 5.97 Å². The Hall–Kier alpha value is -0.650. The van der Waals surface area contributed by atoms with Crippen LogP contribution in [0.25, 0.3) is 0 Å². The van der Waals surface area contributed by atoms with Gasteiger partial charge in [0.2, 0.25) is 0 Å². The molecular formula is C13H27N3O2. The number of likely N-dealkylation sites (N-methyl/N-ethyl adjacent to an activating group) is 2. The van der Waals surface area contributed by atoms with Crippen LogP contribution in [0, 0.1) is 0 Å². The van der Waals surface area contributed by atoms with E-state index in [4.69, 9.17) is 0 Å². The molecule has 2 atom stereocenters. The first-order chi connectivity index (χ1) is 8.39. The molecule has 1 saturated heterocycles. The zero-order chi connectivity index (χ0) is 13.8. The zero-order valence-electron chi connectivity index (χ0n) is 12.1. The average molecular weight is 257 g/mol. The highest BCUT2D eigenvalue weighted by molar-refractivity contribution is 5.78. The Labute approximate surface area is 110 Å². The fourth-order valence-electron chi connectivity index (χ4n) is 2.46. The van der Waals surface area contributed by atoms with Crippen LogP contribution >= 0.6 is 0 Å². The largest absolute Gasteiger partial charge is 0.480 e. The fourth-order valence-corrected chi connectivity index (χ4v) is 2.46. The second-order valence-corrected chi connectivity index (χ2v) is 5.64. The summed E-state index contributed by atoms with van der Waals surface area (Å²) in [5.74, 6) is -0.774. The SMILES string of the molecule is CNC(C)(CCN1CCCN(C)CC1C)C(=O)O. The van der Waals surface area contributed by atoms with Crippen LogP contribution < -0.4 is 5.32 Å². The van der Waals surface area contributed by atoms with E-state index < -0.39 is 11.5 Å². The second kappa shape index (κ2) is 6.50. The van der Waals surface area contributed by atoms with E-state index in [0.717, 1.165) is 32.6 Å². The monoisotopic (exact) mass is 257 g/mol. The third kappa shape index (κ3) is 3.93. The van der Waals surface area contributed by atoms with Gasteiger partial charge < -0.3 is 15.3 Å². The second-order valence-electron chi connectivity index (χ2n) is 5.64. The van der Waals surface area contributed by atoms with Crippen molar-refractivity contribution in [2.24, 2.45) is 0 Å². The lowest BCUT2D eigenvalue weighted by Gasteiger charge is -2.32. The molecule has 0 aromatic rings. The van der Waals surface area contributed by atoms with Gasteiger partial charge in [-0.2, -0.15) is 0 Å². The number of nitrogens with zero attached hydrogens (tertiary/aromatic N) is 2. The first-order valence-corrected chi connectivity index (χ1v) is 6.74. The highest BCUT2D eigenvalue weighted by atomic mass is 16.4. The molecule has 18 heavy (non-hydrogen) atoms. The molecule has 1 fully saturated rings. The van der Waals surface area contributed by atoms with Crippen molar-refractivity contribution in [3.8, 4) is 0 Å². The summed E-state index contributed by atoms with van der Waals surface area (Å²) in [5, 5.41) is 12.2. The molecule has 2 unspecified atom stereocenters. The van der Waals surface area contributed by atoms with Gasteiger partial charge in [0, 0.05) is 19.1 Å². The van der Waals surface area contributed by atoms with Crippen LogP contribution in [0.4, 0.5) is 0 Å². The van der Waals surface area contributed by atoms with Crippen LogP contribution in [0.3, 0.4) is 0 Å². The van der Waals surface area contributed by atoms with Gasteiger partial charge >= 0.3 is 5.97 Å². The van der Waals surface area contributed by atoms with E-state index in [-0.39, 0.29) is 0 Å². The summed E-state index contributed by atoms with van der Waals surface area (Å²) in [5.41, 5.74) is -0.822. The van der Waals surface area contributed by atoms with Crippen molar-refractivity contribution in [3.05, 3.63) is 0 Å². The Balaban J connectivity index is 2.53. The van der Waals surface area contributed by atoms with Crippen molar-refractivity contribution in [1.82, 2.24) is 15.1 Å². The topological polar surface area (TPSA) is 55.8 Å². The number of aliphatic carboxylic acids is 1. The number of carboxylic acid groups (broad SMARTS) is 1. The molecule has 0 aromatic heterocycles. The number of nitrogens with one attached hydrogen (secondary N) is 1. The average Bonchev–Trinajstić information content (AvgIpc) is 2.47. The van der Waals surface area contributed by atoms with E-state index in [1.54, 1.807) is 14.0 Å². The molecule has 0 aromatic carbocycles. The van der Waals surface area contributed by atoms with E-state index >= 15 is 0 Å². The van der Waals surface area contributed by atoms with Gasteiger partial charge in [0.25, 0.3) is 0 Å². The number of carboxylic acids is 1. The molecule has 0 aliphatic carbocycles. The minimum atomic E-state index is -0.822. The van der Waals surface area contributed by atoms with Gasteiger partial charge in [-0.1, -0.05) is 0 Å². The third-order valence-corrected chi connectivity index (χ3v) is 4.11. The van der Waals surface area contributed by atoms with Crippen molar-refractivity contribution in [1.29, 1.82) is 0 Å². The van der Waals surface area contributed by atoms with Crippen LogP contribution in [0.15, 0.2) is 0 Å². The van der Waals surface area contributed by atoms with Gasteiger partial charge in [-0.3, -0.25) is 9.69 Å². The minimum absolute atomic E-state index is 0.493. The van der Waals surface area contributed by atoms with Crippen molar-refractivity contribution < 1.29 is 9.90 Å². The lowest BCUT2D eigenvalue weighted by molar-refractivity contribution is -0.144. The maximum atomic E-state index is 11.2. The quantitative estimate of drug-likeness (QED) is 0.749. The van der Waals surface area contributed by atoms with E-state index in [0.29, 0.717) is 12.5 Å². The van der Waals surface area contributed by atoms with Gasteiger partial charge in [0.15, 0.2) is 0 Å². The molecule has 2 N–H and O–H groups in total. The molecule has 5 nitrogen and oxygen atoms in total. The maximum absolute atomic E-state index is 11.2. The lowest BCUT2D eigenvalue weighted by atomic mass is 9.97. The number of hydrogen-bond donors (Lipinski definition) is 2. The van der Waals surface area contributed by atoms with Crippen molar-refractivity contribution in [2.75, 3.05) is 40.3 Å². The van der Waals surface area contributed by atoms with Crippen LogP contribution in [-0.2, 0) is 4.79 Å². The standard InChI is InChI=1S/C13H27N3O2/c1-11-10-15(4)7-5-8-16(11)9-6-13(2,14-3)12(17)18/h11,14H,5-10H2,1-4H3,(H,17,18). The molecule has 0 amide bonds. The molecular weight excluding hydrogens is 230 g/mol.